The Morgan fingerprint density at radius 2 is 2.06 bits per heavy atom. The molecule has 0 bridgehead atoms. The van der Waals surface area contributed by atoms with Crippen LogP contribution in [-0.2, 0) is 10.3 Å². The van der Waals surface area contributed by atoms with Gasteiger partial charge in [-0.15, -0.1) is 11.3 Å². The maximum atomic E-state index is 5.40. The minimum absolute atomic E-state index is 0.117. The maximum absolute atomic E-state index is 5.40. The summed E-state index contributed by atoms with van der Waals surface area (Å²) in [6, 6.07) is 0. The third-order valence-corrected chi connectivity index (χ3v) is 4.42. The van der Waals surface area contributed by atoms with E-state index in [0.29, 0.717) is 6.61 Å². The molecule has 0 aromatic carbocycles. The fourth-order valence-electron chi connectivity index (χ4n) is 1.85. The van der Waals surface area contributed by atoms with Crippen LogP contribution in [0.15, 0.2) is 0 Å². The van der Waals surface area contributed by atoms with Crippen LogP contribution < -0.4 is 5.32 Å². The predicted octanol–water partition coefficient (Wildman–Crippen LogP) is 3.01. The van der Waals surface area contributed by atoms with Crippen molar-refractivity contribution in [3.63, 3.8) is 0 Å². The lowest BCUT2D eigenvalue weighted by molar-refractivity contribution is 0.104. The molecule has 1 rings (SSSR count). The molecule has 4 heteroatoms. The molecule has 0 saturated heterocycles. The Hall–Kier alpha value is -0.450. The number of aryl methyl sites for hydroxylation is 2. The topological polar surface area (TPSA) is 34.1 Å². The van der Waals surface area contributed by atoms with Gasteiger partial charge in [-0.1, -0.05) is 13.8 Å². The van der Waals surface area contributed by atoms with Gasteiger partial charge in [0.1, 0.15) is 5.01 Å². The van der Waals surface area contributed by atoms with Crippen molar-refractivity contribution in [2.24, 2.45) is 0 Å². The summed E-state index contributed by atoms with van der Waals surface area (Å²) >= 11 is 1.78. The van der Waals surface area contributed by atoms with Gasteiger partial charge in [-0.3, -0.25) is 0 Å². The fourth-order valence-corrected chi connectivity index (χ4v) is 2.99. The molecule has 0 saturated carbocycles. The highest BCUT2D eigenvalue weighted by Gasteiger charge is 2.33. The molecule has 0 aliphatic rings. The summed E-state index contributed by atoms with van der Waals surface area (Å²) in [5, 5.41) is 4.77. The molecular formula is C13H24N2OS. The van der Waals surface area contributed by atoms with Gasteiger partial charge in [0.25, 0.3) is 0 Å². The first kappa shape index (κ1) is 14.6. The van der Waals surface area contributed by atoms with Gasteiger partial charge < -0.3 is 10.1 Å². The van der Waals surface area contributed by atoms with E-state index < -0.39 is 0 Å². The van der Waals surface area contributed by atoms with Crippen LogP contribution in [0, 0.1) is 13.8 Å². The molecule has 0 fully saturated rings. The SMILES string of the molecule is CCCNC(CC)(COC)c1nc(C)c(C)s1. The number of aromatic nitrogens is 1. The maximum Gasteiger partial charge on any atom is 0.116 e. The van der Waals surface area contributed by atoms with Gasteiger partial charge >= 0.3 is 0 Å². The first-order valence-electron chi connectivity index (χ1n) is 6.28. The molecule has 1 atom stereocenters. The molecule has 1 unspecified atom stereocenters. The number of thiazole rings is 1. The highest BCUT2D eigenvalue weighted by molar-refractivity contribution is 7.11. The Morgan fingerprint density at radius 1 is 1.35 bits per heavy atom. The summed E-state index contributed by atoms with van der Waals surface area (Å²) in [6.07, 6.45) is 2.11. The fraction of sp³-hybridized carbons (Fsp3) is 0.769. The van der Waals surface area contributed by atoms with Gasteiger partial charge in [0.15, 0.2) is 0 Å². The highest BCUT2D eigenvalue weighted by Crippen LogP contribution is 2.30. The third-order valence-electron chi connectivity index (χ3n) is 3.15. The standard InChI is InChI=1S/C13H24N2OS/c1-6-8-14-13(7-2,9-16-5)12-15-10(3)11(4)17-12/h14H,6-9H2,1-5H3. The molecule has 0 amide bonds. The van der Waals surface area contributed by atoms with E-state index in [0.717, 1.165) is 30.1 Å². The van der Waals surface area contributed by atoms with Gasteiger partial charge in [-0.2, -0.15) is 0 Å². The molecule has 0 radical (unpaired) electrons. The molecular weight excluding hydrogens is 232 g/mol. The normalized spacial score (nSPS) is 14.9. The first-order valence-corrected chi connectivity index (χ1v) is 7.09. The van der Waals surface area contributed by atoms with Crippen molar-refractivity contribution in [1.29, 1.82) is 0 Å². The van der Waals surface area contributed by atoms with Gasteiger partial charge in [0.2, 0.25) is 0 Å². The average molecular weight is 256 g/mol. The summed E-state index contributed by atoms with van der Waals surface area (Å²) in [6.45, 7) is 10.2. The quantitative estimate of drug-likeness (QED) is 0.814. The molecule has 1 N–H and O–H groups in total. The van der Waals surface area contributed by atoms with E-state index in [4.69, 9.17) is 9.72 Å². The number of methoxy groups -OCH3 is 1. The zero-order chi connectivity index (χ0) is 12.9. The predicted molar refractivity (Wildman–Crippen MR) is 73.7 cm³/mol. The second-order valence-electron chi connectivity index (χ2n) is 4.46. The van der Waals surface area contributed by atoms with Crippen LogP contribution in [0.4, 0.5) is 0 Å². The molecule has 1 heterocycles. The van der Waals surface area contributed by atoms with Gasteiger partial charge in [0.05, 0.1) is 17.8 Å². The van der Waals surface area contributed by atoms with Crippen LogP contribution in [0.1, 0.15) is 42.3 Å². The lowest BCUT2D eigenvalue weighted by Crippen LogP contribution is -2.46. The molecule has 1 aromatic heterocycles. The monoisotopic (exact) mass is 256 g/mol. The molecule has 3 nitrogen and oxygen atoms in total. The van der Waals surface area contributed by atoms with E-state index in [1.165, 1.54) is 4.88 Å². The molecule has 0 spiro atoms. The molecule has 1 aromatic rings. The zero-order valence-electron chi connectivity index (χ0n) is 11.6. The van der Waals surface area contributed by atoms with Crippen LogP contribution in [-0.4, -0.2) is 25.2 Å². The van der Waals surface area contributed by atoms with Crippen molar-refractivity contribution >= 4 is 11.3 Å². The molecule has 0 aliphatic heterocycles. The summed E-state index contributed by atoms with van der Waals surface area (Å²) in [4.78, 5) is 6.00. The lowest BCUT2D eigenvalue weighted by Gasteiger charge is -2.31. The number of nitrogens with zero attached hydrogens (tertiary/aromatic N) is 1. The lowest BCUT2D eigenvalue weighted by atomic mass is 9.97. The van der Waals surface area contributed by atoms with Crippen molar-refractivity contribution in [1.82, 2.24) is 10.3 Å². The summed E-state index contributed by atoms with van der Waals surface area (Å²) in [5.41, 5.74) is 1.02. The van der Waals surface area contributed by atoms with E-state index in [9.17, 15) is 0 Å². The number of rotatable bonds is 7. The van der Waals surface area contributed by atoms with Crippen molar-refractivity contribution in [2.75, 3.05) is 20.3 Å². The second kappa shape index (κ2) is 6.47. The number of hydrogen-bond acceptors (Lipinski definition) is 4. The number of nitrogens with one attached hydrogen (secondary N) is 1. The third kappa shape index (κ3) is 3.27. The number of hydrogen-bond donors (Lipinski definition) is 1. The highest BCUT2D eigenvalue weighted by atomic mass is 32.1. The van der Waals surface area contributed by atoms with Crippen molar-refractivity contribution in [2.45, 2.75) is 46.1 Å². The van der Waals surface area contributed by atoms with Crippen LogP contribution in [0.3, 0.4) is 0 Å². The molecule has 0 aliphatic carbocycles. The van der Waals surface area contributed by atoms with Crippen LogP contribution >= 0.6 is 11.3 Å². The Balaban J connectivity index is 3.02. The Bertz CT molecular complexity index is 332. The van der Waals surface area contributed by atoms with E-state index in [-0.39, 0.29) is 5.54 Å². The van der Waals surface area contributed by atoms with Crippen molar-refractivity contribution in [3.8, 4) is 0 Å². The molecule has 17 heavy (non-hydrogen) atoms. The Kier molecular flexibility index (Phi) is 5.56. The summed E-state index contributed by atoms with van der Waals surface area (Å²) < 4.78 is 5.40. The van der Waals surface area contributed by atoms with E-state index >= 15 is 0 Å². The van der Waals surface area contributed by atoms with Crippen molar-refractivity contribution < 1.29 is 4.74 Å². The van der Waals surface area contributed by atoms with E-state index in [1.807, 2.05) is 0 Å². The van der Waals surface area contributed by atoms with Crippen molar-refractivity contribution in [3.05, 3.63) is 15.6 Å². The first-order chi connectivity index (χ1) is 8.09. The van der Waals surface area contributed by atoms with Gasteiger partial charge in [-0.25, -0.2) is 4.98 Å². The number of ether oxygens (including phenoxy) is 1. The second-order valence-corrected chi connectivity index (χ2v) is 5.66. The summed E-state index contributed by atoms with van der Waals surface area (Å²) in [7, 11) is 1.76. The summed E-state index contributed by atoms with van der Waals surface area (Å²) in [5.74, 6) is 0. The van der Waals surface area contributed by atoms with Crippen LogP contribution in [0.25, 0.3) is 0 Å². The smallest absolute Gasteiger partial charge is 0.116 e. The average Bonchev–Trinajstić information content (AvgIpc) is 2.65. The zero-order valence-corrected chi connectivity index (χ0v) is 12.4. The Morgan fingerprint density at radius 3 is 2.47 bits per heavy atom. The van der Waals surface area contributed by atoms with Gasteiger partial charge in [-0.05, 0) is 33.2 Å². The minimum atomic E-state index is -0.117. The Labute approximate surface area is 109 Å². The van der Waals surface area contributed by atoms with E-state index in [2.05, 4.69) is 33.0 Å². The van der Waals surface area contributed by atoms with Gasteiger partial charge in [0, 0.05) is 12.0 Å². The van der Waals surface area contributed by atoms with Crippen LogP contribution in [0.2, 0.25) is 0 Å². The largest absolute Gasteiger partial charge is 0.382 e. The molecule has 98 valence electrons. The van der Waals surface area contributed by atoms with Crippen LogP contribution in [0.5, 0.6) is 0 Å². The van der Waals surface area contributed by atoms with E-state index in [1.54, 1.807) is 18.4 Å². The minimum Gasteiger partial charge on any atom is -0.382 e.